The Bertz CT molecular complexity index is 855. The smallest absolute Gasteiger partial charge is 0.227 e. The van der Waals surface area contributed by atoms with Crippen LogP contribution in [0.5, 0.6) is 5.75 Å². The number of carbonyl (C=O) groups excluding carboxylic acids is 1. The van der Waals surface area contributed by atoms with E-state index in [1.807, 2.05) is 38.1 Å². The summed E-state index contributed by atoms with van der Waals surface area (Å²) in [5, 5.41) is 0. The molecule has 2 fully saturated rings. The Morgan fingerprint density at radius 1 is 1.07 bits per heavy atom. The number of likely N-dealkylation sites (tertiary alicyclic amines) is 2. The number of benzene rings is 1. The summed E-state index contributed by atoms with van der Waals surface area (Å²) >= 11 is 0. The largest absolute Gasteiger partial charge is 0.497 e. The van der Waals surface area contributed by atoms with Crippen LogP contribution in [0.15, 0.2) is 36.4 Å². The summed E-state index contributed by atoms with van der Waals surface area (Å²) in [6.45, 7) is 6.71. The zero-order valence-electron chi connectivity index (χ0n) is 18.0. The number of amides is 1. The molecule has 164 valence electrons. The second kappa shape index (κ2) is 9.99. The first kappa shape index (κ1) is 24.4. The van der Waals surface area contributed by atoms with Gasteiger partial charge >= 0.3 is 0 Å². The molecular weight excluding hydrogens is 421 g/mol. The summed E-state index contributed by atoms with van der Waals surface area (Å²) in [5.74, 6) is 2.15. The number of aromatic nitrogens is 1. The van der Waals surface area contributed by atoms with Gasteiger partial charge in [0.25, 0.3) is 0 Å². The second-order valence-electron chi connectivity index (χ2n) is 8.32. The van der Waals surface area contributed by atoms with Gasteiger partial charge in [0.2, 0.25) is 5.91 Å². The Morgan fingerprint density at radius 3 is 2.30 bits per heavy atom. The molecule has 4 rings (SSSR count). The molecule has 0 spiro atoms. The molecule has 1 amide bonds. The molecule has 0 aliphatic carbocycles. The Balaban J connectivity index is 0.00000160. The lowest BCUT2D eigenvalue weighted by Gasteiger charge is -2.27. The number of aryl methyl sites for hydroxylation is 2. The van der Waals surface area contributed by atoms with Gasteiger partial charge in [-0.25, -0.2) is 0 Å². The lowest BCUT2D eigenvalue weighted by Crippen LogP contribution is -2.34. The van der Waals surface area contributed by atoms with Gasteiger partial charge in [-0.3, -0.25) is 14.7 Å². The highest BCUT2D eigenvalue weighted by Crippen LogP contribution is 2.44. The van der Waals surface area contributed by atoms with E-state index in [0.717, 1.165) is 42.3 Å². The van der Waals surface area contributed by atoms with Crippen LogP contribution in [0.3, 0.4) is 0 Å². The minimum atomic E-state index is 0. The molecule has 0 radical (unpaired) electrons. The normalized spacial score (nSPS) is 22.8. The van der Waals surface area contributed by atoms with E-state index in [4.69, 9.17) is 4.74 Å². The number of hydrogen-bond acceptors (Lipinski definition) is 4. The first-order valence-electron chi connectivity index (χ1n) is 10.0. The standard InChI is InChI=1S/C23H29N3O2.2ClH/c1-15-9-17(10-16(2)24-15)11-22(27)26-13-19-12-25(3)23(21(19)14-26)18-5-7-20(28-4)8-6-18;;/h5-10,19,21,23H,11-14H2,1-4H3;2*1H/t19-,21+,23-;;/m0../s1. The molecule has 7 heteroatoms. The topological polar surface area (TPSA) is 45.7 Å². The molecule has 0 bridgehead atoms. The molecular formula is C23H31Cl2N3O2. The molecule has 2 saturated heterocycles. The third-order valence-corrected chi connectivity index (χ3v) is 6.20. The zero-order chi connectivity index (χ0) is 19.8. The molecule has 2 aliphatic rings. The number of fused-ring (bicyclic) bond motifs is 1. The van der Waals surface area contributed by atoms with Crippen molar-refractivity contribution in [3.05, 3.63) is 58.9 Å². The van der Waals surface area contributed by atoms with Crippen molar-refractivity contribution >= 4 is 30.7 Å². The maximum atomic E-state index is 13.0. The van der Waals surface area contributed by atoms with Gasteiger partial charge in [0.1, 0.15) is 5.75 Å². The van der Waals surface area contributed by atoms with Crippen LogP contribution in [-0.4, -0.2) is 54.5 Å². The van der Waals surface area contributed by atoms with Crippen LogP contribution < -0.4 is 4.74 Å². The van der Waals surface area contributed by atoms with Crippen LogP contribution in [0, 0.1) is 25.7 Å². The maximum Gasteiger partial charge on any atom is 0.227 e. The first-order valence-corrected chi connectivity index (χ1v) is 10.0. The second-order valence-corrected chi connectivity index (χ2v) is 8.32. The lowest BCUT2D eigenvalue weighted by atomic mass is 9.89. The van der Waals surface area contributed by atoms with E-state index in [1.54, 1.807) is 7.11 Å². The van der Waals surface area contributed by atoms with E-state index in [-0.39, 0.29) is 30.7 Å². The molecule has 5 nitrogen and oxygen atoms in total. The van der Waals surface area contributed by atoms with Crippen LogP contribution in [0.25, 0.3) is 0 Å². The van der Waals surface area contributed by atoms with Crippen LogP contribution in [-0.2, 0) is 11.2 Å². The van der Waals surface area contributed by atoms with Gasteiger partial charge in [0.15, 0.2) is 0 Å². The number of carbonyl (C=O) groups is 1. The fourth-order valence-electron chi connectivity index (χ4n) is 5.07. The van der Waals surface area contributed by atoms with Crippen molar-refractivity contribution < 1.29 is 9.53 Å². The Kier molecular flexibility index (Phi) is 8.14. The van der Waals surface area contributed by atoms with E-state index in [9.17, 15) is 4.79 Å². The fourth-order valence-corrected chi connectivity index (χ4v) is 5.07. The zero-order valence-corrected chi connectivity index (χ0v) is 19.6. The number of nitrogens with zero attached hydrogens (tertiary/aromatic N) is 3. The molecule has 1 aromatic carbocycles. The fraction of sp³-hybridized carbons (Fsp3) is 0.478. The van der Waals surface area contributed by atoms with Gasteiger partial charge in [-0.05, 0) is 62.2 Å². The van der Waals surface area contributed by atoms with E-state index >= 15 is 0 Å². The van der Waals surface area contributed by atoms with Crippen LogP contribution in [0.1, 0.15) is 28.6 Å². The quantitative estimate of drug-likeness (QED) is 0.707. The third kappa shape index (κ3) is 4.90. The monoisotopic (exact) mass is 451 g/mol. The molecule has 3 heterocycles. The average molecular weight is 452 g/mol. The van der Waals surface area contributed by atoms with Crippen molar-refractivity contribution in [2.45, 2.75) is 26.3 Å². The Morgan fingerprint density at radius 2 is 1.70 bits per heavy atom. The third-order valence-electron chi connectivity index (χ3n) is 6.20. The Hall–Kier alpha value is -1.82. The maximum absolute atomic E-state index is 13.0. The predicted molar refractivity (Wildman–Crippen MR) is 124 cm³/mol. The molecule has 0 N–H and O–H groups in total. The highest BCUT2D eigenvalue weighted by atomic mass is 35.5. The summed E-state index contributed by atoms with van der Waals surface area (Å²) in [7, 11) is 3.89. The summed E-state index contributed by atoms with van der Waals surface area (Å²) in [6.07, 6.45) is 0.465. The number of pyridine rings is 1. The number of methoxy groups -OCH3 is 1. The van der Waals surface area contributed by atoms with Crippen molar-refractivity contribution in [3.63, 3.8) is 0 Å². The van der Waals surface area contributed by atoms with E-state index in [0.29, 0.717) is 24.3 Å². The van der Waals surface area contributed by atoms with Crippen molar-refractivity contribution in [2.75, 3.05) is 33.8 Å². The lowest BCUT2D eigenvalue weighted by molar-refractivity contribution is -0.129. The molecule has 0 unspecified atom stereocenters. The van der Waals surface area contributed by atoms with Crippen LogP contribution in [0.4, 0.5) is 0 Å². The molecule has 30 heavy (non-hydrogen) atoms. The van der Waals surface area contributed by atoms with Gasteiger partial charge < -0.3 is 9.64 Å². The molecule has 3 atom stereocenters. The van der Waals surface area contributed by atoms with E-state index < -0.39 is 0 Å². The molecule has 2 aliphatic heterocycles. The van der Waals surface area contributed by atoms with Crippen molar-refractivity contribution in [2.24, 2.45) is 11.8 Å². The summed E-state index contributed by atoms with van der Waals surface area (Å²) in [6, 6.07) is 12.8. The van der Waals surface area contributed by atoms with Gasteiger partial charge in [0.05, 0.1) is 13.5 Å². The SMILES string of the molecule is COc1ccc([C@H]2[C@@H]3CN(C(=O)Cc4cc(C)nc(C)c4)C[C@@H]3CN2C)cc1.Cl.Cl. The first-order chi connectivity index (χ1) is 13.4. The van der Waals surface area contributed by atoms with E-state index in [1.165, 1.54) is 5.56 Å². The van der Waals surface area contributed by atoms with Crippen LogP contribution >= 0.6 is 24.8 Å². The minimum absolute atomic E-state index is 0. The highest BCUT2D eigenvalue weighted by Gasteiger charge is 2.47. The van der Waals surface area contributed by atoms with Gasteiger partial charge in [-0.15, -0.1) is 24.8 Å². The van der Waals surface area contributed by atoms with Crippen molar-refractivity contribution in [3.8, 4) is 5.75 Å². The molecule has 2 aromatic rings. The minimum Gasteiger partial charge on any atom is -0.497 e. The molecule has 1 aromatic heterocycles. The summed E-state index contributed by atoms with van der Waals surface area (Å²) < 4.78 is 5.30. The van der Waals surface area contributed by atoms with Gasteiger partial charge in [0, 0.05) is 43.0 Å². The number of halogens is 2. The molecule has 0 saturated carbocycles. The average Bonchev–Trinajstić information content (AvgIpc) is 3.17. The van der Waals surface area contributed by atoms with Crippen molar-refractivity contribution in [1.82, 2.24) is 14.8 Å². The number of ether oxygens (including phenoxy) is 1. The summed E-state index contributed by atoms with van der Waals surface area (Å²) in [5.41, 5.74) is 4.32. The van der Waals surface area contributed by atoms with Gasteiger partial charge in [-0.2, -0.15) is 0 Å². The van der Waals surface area contributed by atoms with Crippen LogP contribution in [0.2, 0.25) is 0 Å². The number of hydrogen-bond donors (Lipinski definition) is 0. The number of rotatable bonds is 4. The summed E-state index contributed by atoms with van der Waals surface area (Å²) in [4.78, 5) is 21.9. The van der Waals surface area contributed by atoms with E-state index in [2.05, 4.69) is 34.0 Å². The van der Waals surface area contributed by atoms with Gasteiger partial charge in [-0.1, -0.05) is 12.1 Å². The highest BCUT2D eigenvalue weighted by molar-refractivity contribution is 5.85. The Labute approximate surface area is 191 Å². The predicted octanol–water partition coefficient (Wildman–Crippen LogP) is 3.85. The van der Waals surface area contributed by atoms with Crippen molar-refractivity contribution in [1.29, 1.82) is 0 Å².